The number of H-pyrrole nitrogens is 1. The van der Waals surface area contributed by atoms with Gasteiger partial charge in [0.05, 0.1) is 12.1 Å². The van der Waals surface area contributed by atoms with Gasteiger partial charge in [-0.05, 0) is 18.1 Å². The van der Waals surface area contributed by atoms with Crippen LogP contribution in [0.25, 0.3) is 4.85 Å². The fraction of sp³-hybridized carbons (Fsp3) is 0.312. The molecule has 5 heteroatoms. The molecule has 2 aromatic rings. The van der Waals surface area contributed by atoms with E-state index in [0.717, 1.165) is 35.5 Å². The normalized spacial score (nSPS) is 20.5. The third-order valence-electron chi connectivity index (χ3n) is 3.78. The van der Waals surface area contributed by atoms with Gasteiger partial charge in [-0.1, -0.05) is 43.1 Å². The Morgan fingerprint density at radius 2 is 2.14 bits per heavy atom. The Kier molecular flexibility index (Phi) is 3.76. The quantitative estimate of drug-likeness (QED) is 0.840. The van der Waals surface area contributed by atoms with Crippen LogP contribution in [0.1, 0.15) is 36.8 Å². The zero-order valence-corrected chi connectivity index (χ0v) is 12.4. The molecule has 2 atom stereocenters. The van der Waals surface area contributed by atoms with Gasteiger partial charge in [0, 0.05) is 10.6 Å². The molecule has 0 fully saturated rings. The minimum absolute atomic E-state index is 0.107. The highest BCUT2D eigenvalue weighted by Gasteiger charge is 2.40. The molecule has 0 saturated carbocycles. The lowest BCUT2D eigenvalue weighted by Crippen LogP contribution is -2.29. The molecule has 1 aromatic heterocycles. The van der Waals surface area contributed by atoms with E-state index in [9.17, 15) is 0 Å². The summed E-state index contributed by atoms with van der Waals surface area (Å²) in [6.07, 6.45) is 3.53. The van der Waals surface area contributed by atoms with E-state index in [4.69, 9.17) is 18.2 Å². The molecular weight excluding hydrogens is 284 g/mol. The van der Waals surface area contributed by atoms with E-state index >= 15 is 0 Å². The summed E-state index contributed by atoms with van der Waals surface area (Å²) < 4.78 is 0. The van der Waals surface area contributed by atoms with Gasteiger partial charge in [-0.15, -0.1) is 0 Å². The van der Waals surface area contributed by atoms with E-state index in [-0.39, 0.29) is 12.0 Å². The summed E-state index contributed by atoms with van der Waals surface area (Å²) in [5.41, 5.74) is 2.82. The van der Waals surface area contributed by atoms with E-state index in [1.807, 2.05) is 24.3 Å². The third-order valence-corrected chi connectivity index (χ3v) is 4.12. The number of hydrogen-bond donors (Lipinski definition) is 1. The van der Waals surface area contributed by atoms with Crippen molar-refractivity contribution < 1.29 is 0 Å². The molecule has 1 N–H and O–H groups in total. The highest BCUT2D eigenvalue weighted by molar-refractivity contribution is 6.31. The van der Waals surface area contributed by atoms with E-state index in [1.54, 1.807) is 6.20 Å². The van der Waals surface area contributed by atoms with Crippen LogP contribution in [0.15, 0.2) is 35.5 Å². The lowest BCUT2D eigenvalue weighted by atomic mass is 9.81. The summed E-state index contributed by atoms with van der Waals surface area (Å²) in [6.45, 7) is 9.71. The Hall–Kier alpha value is -2.12. The molecule has 2 heterocycles. The molecule has 0 radical (unpaired) electrons. The molecule has 106 valence electrons. The van der Waals surface area contributed by atoms with E-state index < -0.39 is 0 Å². The average molecular weight is 299 g/mol. The second kappa shape index (κ2) is 5.71. The predicted molar refractivity (Wildman–Crippen MR) is 84.3 cm³/mol. The average Bonchev–Trinajstić information content (AvgIpc) is 2.95. The van der Waals surface area contributed by atoms with E-state index in [2.05, 4.69) is 27.0 Å². The summed E-state index contributed by atoms with van der Waals surface area (Å²) in [7, 11) is 0. The molecule has 0 amide bonds. The Morgan fingerprint density at radius 1 is 1.33 bits per heavy atom. The first kappa shape index (κ1) is 13.8. The van der Waals surface area contributed by atoms with E-state index in [0.29, 0.717) is 5.02 Å². The zero-order chi connectivity index (χ0) is 14.8. The van der Waals surface area contributed by atoms with Crippen LogP contribution >= 0.6 is 11.6 Å². The second-order valence-electron chi connectivity index (χ2n) is 5.10. The monoisotopic (exact) mass is 298 g/mol. The first-order chi connectivity index (χ1) is 10.3. The van der Waals surface area contributed by atoms with Gasteiger partial charge in [0.1, 0.15) is 5.71 Å². The lowest BCUT2D eigenvalue weighted by molar-refractivity contribution is 0.769. The number of aliphatic imine (C=N–C) groups is 1. The molecule has 0 saturated heterocycles. The van der Waals surface area contributed by atoms with Crippen LogP contribution in [0.5, 0.6) is 0 Å². The van der Waals surface area contributed by atoms with Crippen molar-refractivity contribution in [2.24, 2.45) is 4.99 Å². The molecule has 0 bridgehead atoms. The van der Waals surface area contributed by atoms with Crippen molar-refractivity contribution in [2.75, 3.05) is 0 Å². The second-order valence-corrected chi connectivity index (χ2v) is 5.51. The summed E-state index contributed by atoms with van der Waals surface area (Å²) in [4.78, 5) is 8.44. The first-order valence-corrected chi connectivity index (χ1v) is 7.35. The smallest absolute Gasteiger partial charge is 0.272 e. The molecule has 4 nitrogen and oxygen atoms in total. The van der Waals surface area contributed by atoms with Gasteiger partial charge >= 0.3 is 0 Å². The van der Waals surface area contributed by atoms with Crippen molar-refractivity contribution in [1.29, 1.82) is 0 Å². The largest absolute Gasteiger partial charge is 0.306 e. The number of aromatic nitrogens is 2. The molecule has 1 aromatic carbocycles. The summed E-state index contributed by atoms with van der Waals surface area (Å²) in [5.74, 6) is 0.646. The summed E-state index contributed by atoms with van der Waals surface area (Å²) in [6, 6.07) is 7.39. The van der Waals surface area contributed by atoms with E-state index in [1.165, 1.54) is 0 Å². The van der Waals surface area contributed by atoms with Crippen molar-refractivity contribution in [3.63, 3.8) is 0 Å². The maximum absolute atomic E-state index is 7.62. The highest BCUT2D eigenvalue weighted by atomic mass is 35.5. The van der Waals surface area contributed by atoms with Gasteiger partial charge in [0.25, 0.3) is 6.04 Å². The Balaban J connectivity index is 2.17. The number of nitrogens with one attached hydrogen (secondary N) is 1. The van der Waals surface area contributed by atoms with Crippen molar-refractivity contribution in [1.82, 2.24) is 10.2 Å². The van der Waals surface area contributed by atoms with Crippen molar-refractivity contribution in [3.05, 3.63) is 58.0 Å². The Labute approximate surface area is 128 Å². The SMILES string of the molecule is [C-]#[N+]C1C(CCC)=Nc2[nH]ncc2C1c1ccccc1Cl. The Bertz CT molecular complexity index is 726. The number of fused-ring (bicyclic) bond motifs is 1. The molecule has 2 unspecified atom stereocenters. The highest BCUT2D eigenvalue weighted by Crippen LogP contribution is 2.42. The van der Waals surface area contributed by atoms with Gasteiger partial charge in [-0.3, -0.25) is 5.10 Å². The van der Waals surface area contributed by atoms with Crippen LogP contribution in [0, 0.1) is 6.57 Å². The van der Waals surface area contributed by atoms with Gasteiger partial charge in [0.2, 0.25) is 0 Å². The van der Waals surface area contributed by atoms with Gasteiger partial charge in [0.15, 0.2) is 5.82 Å². The van der Waals surface area contributed by atoms with Crippen molar-refractivity contribution >= 4 is 23.1 Å². The van der Waals surface area contributed by atoms with Crippen LogP contribution in [0.3, 0.4) is 0 Å². The topological polar surface area (TPSA) is 45.4 Å². The maximum atomic E-state index is 7.62. The van der Waals surface area contributed by atoms with Gasteiger partial charge in [-0.2, -0.15) is 5.10 Å². The van der Waals surface area contributed by atoms with Crippen molar-refractivity contribution in [3.8, 4) is 0 Å². The Morgan fingerprint density at radius 3 is 2.86 bits per heavy atom. The van der Waals surface area contributed by atoms with Gasteiger partial charge in [-0.25, -0.2) is 11.6 Å². The molecule has 3 rings (SSSR count). The molecule has 21 heavy (non-hydrogen) atoms. The van der Waals surface area contributed by atoms with Crippen LogP contribution in [0.2, 0.25) is 5.02 Å². The number of nitrogens with zero attached hydrogens (tertiary/aromatic N) is 3. The predicted octanol–water partition coefficient (Wildman–Crippen LogP) is 4.37. The molecule has 0 aliphatic carbocycles. The molecule has 1 aliphatic rings. The standard InChI is InChI=1S/C16H15ClN4/c1-3-6-13-15(18-2)14(10-7-4-5-8-12(10)17)11-9-19-21-16(11)20-13/h4-5,7-9,14-15H,3,6H2,1H3,(H,19,21). The fourth-order valence-corrected chi connectivity index (χ4v) is 3.11. The molecule has 1 aliphatic heterocycles. The third kappa shape index (κ3) is 2.34. The van der Waals surface area contributed by atoms with Crippen LogP contribution in [-0.2, 0) is 0 Å². The number of hydrogen-bond acceptors (Lipinski definition) is 2. The van der Waals surface area contributed by atoms with Crippen molar-refractivity contribution in [2.45, 2.75) is 31.7 Å². The number of benzene rings is 1. The molecular formula is C16H15ClN4. The number of rotatable bonds is 3. The summed E-state index contributed by atoms with van der Waals surface area (Å²) >= 11 is 6.36. The minimum atomic E-state index is -0.310. The summed E-state index contributed by atoms with van der Waals surface area (Å²) in [5, 5.41) is 7.70. The maximum Gasteiger partial charge on any atom is 0.272 e. The lowest BCUT2D eigenvalue weighted by Gasteiger charge is -2.24. The van der Waals surface area contributed by atoms with Gasteiger partial charge < -0.3 is 4.85 Å². The molecule has 0 spiro atoms. The van der Waals surface area contributed by atoms with Crippen LogP contribution in [0.4, 0.5) is 5.82 Å². The zero-order valence-electron chi connectivity index (χ0n) is 11.7. The number of aromatic amines is 1. The first-order valence-electron chi connectivity index (χ1n) is 6.98. The minimum Gasteiger partial charge on any atom is -0.306 e. The van der Waals surface area contributed by atoms with Crippen LogP contribution < -0.4 is 0 Å². The van der Waals surface area contributed by atoms with Crippen LogP contribution in [-0.4, -0.2) is 22.0 Å². The number of halogens is 1. The fourth-order valence-electron chi connectivity index (χ4n) is 2.85.